The Morgan fingerprint density at radius 3 is 2.46 bits per heavy atom. The zero-order valence-electron chi connectivity index (χ0n) is 24.3. The number of amides is 2. The summed E-state index contributed by atoms with van der Waals surface area (Å²) in [5.41, 5.74) is 2.43. The van der Waals surface area contributed by atoms with E-state index in [0.717, 1.165) is 37.3 Å². The largest absolute Gasteiger partial charge is 0.313 e. The van der Waals surface area contributed by atoms with Crippen LogP contribution in [-0.4, -0.2) is 34.0 Å². The van der Waals surface area contributed by atoms with Gasteiger partial charge in [0.05, 0.1) is 10.9 Å². The van der Waals surface area contributed by atoms with Gasteiger partial charge in [-0.15, -0.1) is 0 Å². The molecule has 7 heteroatoms. The summed E-state index contributed by atoms with van der Waals surface area (Å²) >= 11 is 0. The lowest BCUT2D eigenvalue weighted by Crippen LogP contribution is -2.45. The number of piperidine rings is 1. The minimum Gasteiger partial charge on any atom is -0.313 e. The van der Waals surface area contributed by atoms with Crippen LogP contribution in [0.1, 0.15) is 109 Å². The number of nitrogens with zero attached hydrogens (tertiary/aromatic N) is 2. The summed E-state index contributed by atoms with van der Waals surface area (Å²) in [7, 11) is 0. The standard InChI is InChI=1S/C32H46N4O3/c1-21-34-24-14-11-13-22(28(24)30(39)36(21)25-15-16-27(37)35-29(25)38)12-9-7-5-6-8-10-19-33-26-20-23-17-18-32(26,4)31(23,2)3/h11,13-14,23,25-26,33H,5-10,12,15-20H2,1-4H3,(H,35,37,38)/t23-,25+,26+,32+/m1/s1. The molecule has 1 aromatic carbocycles. The van der Waals surface area contributed by atoms with Crippen molar-refractivity contribution >= 4 is 22.7 Å². The number of imide groups is 1. The lowest BCUT2D eigenvalue weighted by molar-refractivity contribution is -0.135. The first-order valence-corrected chi connectivity index (χ1v) is 15.2. The Bertz CT molecular complexity index is 1300. The van der Waals surface area contributed by atoms with Crippen molar-refractivity contribution in [3.8, 4) is 0 Å². The third-order valence-electron chi connectivity index (χ3n) is 10.8. The molecule has 39 heavy (non-hydrogen) atoms. The Morgan fingerprint density at radius 1 is 1.03 bits per heavy atom. The van der Waals surface area contributed by atoms with Crippen molar-refractivity contribution < 1.29 is 9.59 Å². The molecule has 4 atom stereocenters. The Labute approximate surface area is 232 Å². The Kier molecular flexibility index (Phi) is 8.01. The third-order valence-corrected chi connectivity index (χ3v) is 10.8. The van der Waals surface area contributed by atoms with Gasteiger partial charge in [0.25, 0.3) is 5.56 Å². The van der Waals surface area contributed by atoms with E-state index in [-0.39, 0.29) is 17.9 Å². The summed E-state index contributed by atoms with van der Waals surface area (Å²) in [5, 5.41) is 6.89. The van der Waals surface area contributed by atoms with Crippen molar-refractivity contribution in [3.63, 3.8) is 0 Å². The van der Waals surface area contributed by atoms with Crippen LogP contribution in [0.3, 0.4) is 0 Å². The lowest BCUT2D eigenvalue weighted by atomic mass is 9.69. The third kappa shape index (κ3) is 5.19. The molecule has 3 aliphatic rings. The molecule has 2 aromatic rings. The predicted octanol–water partition coefficient (Wildman–Crippen LogP) is 5.37. The molecular weight excluding hydrogens is 488 g/mol. The molecule has 1 aromatic heterocycles. The van der Waals surface area contributed by atoms with E-state index >= 15 is 0 Å². The van der Waals surface area contributed by atoms with Gasteiger partial charge >= 0.3 is 0 Å². The van der Waals surface area contributed by atoms with Crippen LogP contribution in [0, 0.1) is 23.7 Å². The van der Waals surface area contributed by atoms with Gasteiger partial charge in [-0.2, -0.15) is 0 Å². The molecule has 2 saturated carbocycles. The normalized spacial score (nSPS) is 27.8. The van der Waals surface area contributed by atoms with Crippen LogP contribution < -0.4 is 16.2 Å². The van der Waals surface area contributed by atoms with E-state index in [1.54, 1.807) is 6.92 Å². The monoisotopic (exact) mass is 534 g/mol. The van der Waals surface area contributed by atoms with Crippen molar-refractivity contribution in [1.82, 2.24) is 20.2 Å². The number of carbonyl (C=O) groups is 2. The summed E-state index contributed by atoms with van der Waals surface area (Å²) in [6.07, 6.45) is 12.6. The number of rotatable bonds is 11. The molecule has 2 aliphatic carbocycles. The van der Waals surface area contributed by atoms with E-state index in [1.165, 1.54) is 49.5 Å². The van der Waals surface area contributed by atoms with Crippen molar-refractivity contribution in [2.24, 2.45) is 16.7 Å². The molecule has 1 saturated heterocycles. The fourth-order valence-electron chi connectivity index (χ4n) is 7.86. The van der Waals surface area contributed by atoms with Crippen LogP contribution in [-0.2, 0) is 16.0 Å². The molecule has 2 bridgehead atoms. The molecule has 2 N–H and O–H groups in total. The maximum Gasteiger partial charge on any atom is 0.262 e. The average molecular weight is 535 g/mol. The van der Waals surface area contributed by atoms with Crippen LogP contribution in [0.25, 0.3) is 10.9 Å². The van der Waals surface area contributed by atoms with Crippen LogP contribution >= 0.6 is 0 Å². The highest BCUT2D eigenvalue weighted by Crippen LogP contribution is 2.65. The van der Waals surface area contributed by atoms with Gasteiger partial charge in [0.1, 0.15) is 11.9 Å². The van der Waals surface area contributed by atoms with E-state index in [0.29, 0.717) is 40.0 Å². The molecule has 2 heterocycles. The van der Waals surface area contributed by atoms with E-state index in [2.05, 4.69) is 36.4 Å². The number of fused-ring (bicyclic) bond motifs is 3. The predicted molar refractivity (Wildman–Crippen MR) is 155 cm³/mol. The van der Waals surface area contributed by atoms with Gasteiger partial charge < -0.3 is 5.32 Å². The lowest BCUT2D eigenvalue weighted by Gasteiger charge is -2.39. The van der Waals surface area contributed by atoms with Gasteiger partial charge in [0.15, 0.2) is 0 Å². The van der Waals surface area contributed by atoms with Crippen LogP contribution in [0.15, 0.2) is 23.0 Å². The number of unbranched alkanes of at least 4 members (excludes halogenated alkanes) is 5. The first-order chi connectivity index (χ1) is 18.6. The first kappa shape index (κ1) is 28.0. The molecule has 0 spiro atoms. The second kappa shape index (κ2) is 11.1. The number of hydrogen-bond donors (Lipinski definition) is 2. The van der Waals surface area contributed by atoms with Gasteiger partial charge in [-0.1, -0.05) is 58.6 Å². The second-order valence-corrected chi connectivity index (χ2v) is 13.1. The van der Waals surface area contributed by atoms with E-state index in [4.69, 9.17) is 0 Å². The van der Waals surface area contributed by atoms with Crippen molar-refractivity contribution in [2.75, 3.05) is 6.54 Å². The minimum atomic E-state index is -0.687. The highest BCUT2D eigenvalue weighted by atomic mass is 16.2. The molecular formula is C32H46N4O3. The summed E-state index contributed by atoms with van der Waals surface area (Å²) in [6.45, 7) is 10.4. The molecule has 3 fully saturated rings. The van der Waals surface area contributed by atoms with Crippen molar-refractivity contribution in [2.45, 2.75) is 117 Å². The molecule has 212 valence electrons. The maximum atomic E-state index is 13.6. The average Bonchev–Trinajstić information content (AvgIpc) is 3.22. The number of nitrogens with one attached hydrogen (secondary N) is 2. The summed E-state index contributed by atoms with van der Waals surface area (Å²) < 4.78 is 1.49. The fourth-order valence-corrected chi connectivity index (χ4v) is 7.86. The van der Waals surface area contributed by atoms with Gasteiger partial charge in [-0.05, 0) is 86.8 Å². The number of benzene rings is 1. The Hall–Kier alpha value is -2.54. The van der Waals surface area contributed by atoms with Crippen LogP contribution in [0.2, 0.25) is 0 Å². The summed E-state index contributed by atoms with van der Waals surface area (Å²) in [4.78, 5) is 42.3. The smallest absolute Gasteiger partial charge is 0.262 e. The fraction of sp³-hybridized carbons (Fsp3) is 0.688. The van der Waals surface area contributed by atoms with Crippen molar-refractivity contribution in [3.05, 3.63) is 39.9 Å². The number of hydrogen-bond acceptors (Lipinski definition) is 5. The molecule has 7 nitrogen and oxygen atoms in total. The topological polar surface area (TPSA) is 93.1 Å². The molecule has 0 radical (unpaired) electrons. The first-order valence-electron chi connectivity index (χ1n) is 15.2. The minimum absolute atomic E-state index is 0.178. The summed E-state index contributed by atoms with van der Waals surface area (Å²) in [5.74, 6) is 0.694. The molecule has 1 aliphatic heterocycles. The summed E-state index contributed by atoms with van der Waals surface area (Å²) in [6, 6.07) is 5.84. The Morgan fingerprint density at radius 2 is 1.77 bits per heavy atom. The molecule has 5 rings (SSSR count). The van der Waals surface area contributed by atoms with Gasteiger partial charge in [0, 0.05) is 12.5 Å². The van der Waals surface area contributed by atoms with Crippen LogP contribution in [0.4, 0.5) is 0 Å². The highest BCUT2D eigenvalue weighted by molar-refractivity contribution is 5.99. The van der Waals surface area contributed by atoms with E-state index < -0.39 is 11.9 Å². The number of aromatic nitrogens is 2. The maximum absolute atomic E-state index is 13.6. The molecule has 2 amide bonds. The van der Waals surface area contributed by atoms with Gasteiger partial charge in [-0.25, -0.2) is 4.98 Å². The highest BCUT2D eigenvalue weighted by Gasteiger charge is 2.60. The zero-order chi connectivity index (χ0) is 27.8. The number of aryl methyl sites for hydroxylation is 2. The zero-order valence-corrected chi connectivity index (χ0v) is 24.3. The van der Waals surface area contributed by atoms with Gasteiger partial charge in [-0.3, -0.25) is 24.3 Å². The number of carbonyl (C=O) groups excluding carboxylic acids is 2. The second-order valence-electron chi connectivity index (χ2n) is 13.1. The van der Waals surface area contributed by atoms with E-state index in [9.17, 15) is 14.4 Å². The van der Waals surface area contributed by atoms with Crippen LogP contribution in [0.5, 0.6) is 0 Å². The van der Waals surface area contributed by atoms with E-state index in [1.807, 2.05) is 18.2 Å². The quantitative estimate of drug-likeness (QED) is 0.299. The Balaban J connectivity index is 1.09. The van der Waals surface area contributed by atoms with Gasteiger partial charge in [0.2, 0.25) is 11.8 Å². The SMILES string of the molecule is Cc1nc2cccc(CCCCCCCCN[C@H]3C[C@H]4CC[C@]3(C)C4(C)C)c2c(=O)n1[C@H]1CCC(=O)NC1=O. The molecule has 0 unspecified atom stereocenters. The van der Waals surface area contributed by atoms with Crippen molar-refractivity contribution in [1.29, 1.82) is 0 Å².